The molecule has 25 heavy (non-hydrogen) atoms. The van der Waals surface area contributed by atoms with Gasteiger partial charge in [-0.1, -0.05) is 29.8 Å². The first-order valence-electron chi connectivity index (χ1n) is 7.97. The summed E-state index contributed by atoms with van der Waals surface area (Å²) in [6.07, 6.45) is 1.65. The summed E-state index contributed by atoms with van der Waals surface area (Å²) < 4.78 is 5.42. The largest absolute Gasteiger partial charge is 0.468 e. The first kappa shape index (κ1) is 17.7. The lowest BCUT2D eigenvalue weighted by molar-refractivity contribution is -0.122. The van der Waals surface area contributed by atoms with Crippen molar-refractivity contribution in [1.82, 2.24) is 10.2 Å². The van der Waals surface area contributed by atoms with Gasteiger partial charge in [0.05, 0.1) is 19.4 Å². The highest BCUT2D eigenvalue weighted by Gasteiger charge is 2.14. The van der Waals surface area contributed by atoms with Crippen LogP contribution >= 0.6 is 22.9 Å². The van der Waals surface area contributed by atoms with Crippen LogP contribution in [0.1, 0.15) is 16.2 Å². The molecular weight excluding hydrogens is 356 g/mol. The Morgan fingerprint density at radius 1 is 1.16 bits per heavy atom. The number of rotatable bonds is 8. The molecule has 0 saturated heterocycles. The van der Waals surface area contributed by atoms with Crippen molar-refractivity contribution < 1.29 is 9.21 Å². The van der Waals surface area contributed by atoms with Gasteiger partial charge >= 0.3 is 0 Å². The average Bonchev–Trinajstić information content (AvgIpc) is 3.27. The van der Waals surface area contributed by atoms with Crippen LogP contribution in [0, 0.1) is 0 Å². The molecule has 0 radical (unpaired) electrons. The first-order chi connectivity index (χ1) is 12.2. The Labute approximate surface area is 156 Å². The molecular formula is C19H19ClN2O2S. The van der Waals surface area contributed by atoms with Crippen molar-refractivity contribution in [2.45, 2.75) is 19.6 Å². The van der Waals surface area contributed by atoms with Gasteiger partial charge in [-0.05, 0) is 41.3 Å². The van der Waals surface area contributed by atoms with Gasteiger partial charge in [-0.2, -0.15) is 0 Å². The number of carbonyl (C=O) groups is 1. The molecule has 1 N–H and O–H groups in total. The lowest BCUT2D eigenvalue weighted by Gasteiger charge is -2.20. The van der Waals surface area contributed by atoms with Crippen LogP contribution in [0.15, 0.2) is 64.6 Å². The molecule has 0 aliphatic rings. The smallest absolute Gasteiger partial charge is 0.234 e. The molecule has 3 rings (SSSR count). The quantitative estimate of drug-likeness (QED) is 0.639. The second kappa shape index (κ2) is 8.85. The molecule has 130 valence electrons. The van der Waals surface area contributed by atoms with Crippen LogP contribution in [0.25, 0.3) is 0 Å². The van der Waals surface area contributed by atoms with Crippen LogP contribution in [0.3, 0.4) is 0 Å². The van der Waals surface area contributed by atoms with E-state index in [-0.39, 0.29) is 5.91 Å². The minimum Gasteiger partial charge on any atom is -0.468 e. The van der Waals surface area contributed by atoms with Gasteiger partial charge < -0.3 is 9.73 Å². The average molecular weight is 375 g/mol. The zero-order valence-corrected chi connectivity index (χ0v) is 15.2. The van der Waals surface area contributed by atoms with E-state index in [4.69, 9.17) is 16.0 Å². The van der Waals surface area contributed by atoms with Crippen molar-refractivity contribution in [3.05, 3.63) is 81.4 Å². The molecule has 0 fully saturated rings. The summed E-state index contributed by atoms with van der Waals surface area (Å²) in [5, 5.41) is 5.66. The Morgan fingerprint density at radius 2 is 2.08 bits per heavy atom. The second-order valence-corrected chi connectivity index (χ2v) is 7.18. The van der Waals surface area contributed by atoms with Crippen LogP contribution in [-0.2, 0) is 24.4 Å². The highest BCUT2D eigenvalue weighted by atomic mass is 35.5. The summed E-state index contributed by atoms with van der Waals surface area (Å²) >= 11 is 7.66. The molecule has 0 unspecified atom stereocenters. The van der Waals surface area contributed by atoms with Crippen molar-refractivity contribution in [3.8, 4) is 0 Å². The summed E-state index contributed by atoms with van der Waals surface area (Å²) in [5.41, 5.74) is 0.983. The van der Waals surface area contributed by atoms with Gasteiger partial charge in [0.2, 0.25) is 5.91 Å². The van der Waals surface area contributed by atoms with Gasteiger partial charge in [0.15, 0.2) is 0 Å². The predicted octanol–water partition coefficient (Wildman–Crippen LogP) is 4.31. The number of halogens is 1. The monoisotopic (exact) mass is 374 g/mol. The van der Waals surface area contributed by atoms with Crippen LogP contribution in [-0.4, -0.2) is 17.4 Å². The van der Waals surface area contributed by atoms with Crippen molar-refractivity contribution in [1.29, 1.82) is 0 Å². The van der Waals surface area contributed by atoms with Crippen molar-refractivity contribution in [2.75, 3.05) is 6.54 Å². The third kappa shape index (κ3) is 5.74. The predicted molar refractivity (Wildman–Crippen MR) is 100 cm³/mol. The maximum Gasteiger partial charge on any atom is 0.234 e. The highest BCUT2D eigenvalue weighted by molar-refractivity contribution is 7.09. The molecule has 0 saturated carbocycles. The SMILES string of the molecule is O=C(CN(Cc1ccco1)Cc1cccs1)NCc1cccc(Cl)c1. The van der Waals surface area contributed by atoms with Crippen LogP contribution in [0.5, 0.6) is 0 Å². The van der Waals surface area contributed by atoms with Crippen LogP contribution in [0.4, 0.5) is 0 Å². The number of furan rings is 1. The van der Waals surface area contributed by atoms with E-state index in [1.54, 1.807) is 17.6 Å². The van der Waals surface area contributed by atoms with Crippen molar-refractivity contribution in [2.24, 2.45) is 0 Å². The van der Waals surface area contributed by atoms with E-state index in [2.05, 4.69) is 16.3 Å². The molecule has 1 aromatic carbocycles. The molecule has 2 aromatic heterocycles. The van der Waals surface area contributed by atoms with E-state index in [0.717, 1.165) is 11.3 Å². The van der Waals surface area contributed by atoms with E-state index < -0.39 is 0 Å². The molecule has 6 heteroatoms. The van der Waals surface area contributed by atoms with Crippen LogP contribution in [0.2, 0.25) is 5.02 Å². The molecule has 0 spiro atoms. The maximum absolute atomic E-state index is 12.4. The Balaban J connectivity index is 1.57. The molecule has 0 bridgehead atoms. The van der Waals surface area contributed by atoms with E-state index in [9.17, 15) is 4.79 Å². The van der Waals surface area contributed by atoms with Crippen molar-refractivity contribution >= 4 is 28.8 Å². The highest BCUT2D eigenvalue weighted by Crippen LogP contribution is 2.15. The van der Waals surface area contributed by atoms with Gasteiger partial charge in [-0.15, -0.1) is 11.3 Å². The Kier molecular flexibility index (Phi) is 6.28. The lowest BCUT2D eigenvalue weighted by atomic mass is 10.2. The molecule has 0 aliphatic carbocycles. The number of hydrogen-bond donors (Lipinski definition) is 1. The molecule has 2 heterocycles. The summed E-state index contributed by atoms with van der Waals surface area (Å²) in [5.74, 6) is 0.822. The van der Waals surface area contributed by atoms with E-state index in [0.29, 0.717) is 31.2 Å². The summed E-state index contributed by atoms with van der Waals surface area (Å²) in [6, 6.07) is 15.4. The Bertz CT molecular complexity index is 751. The summed E-state index contributed by atoms with van der Waals surface area (Å²) in [7, 11) is 0. The zero-order chi connectivity index (χ0) is 17.5. The minimum atomic E-state index is -0.0249. The topological polar surface area (TPSA) is 45.5 Å². The molecule has 0 aliphatic heterocycles. The standard InChI is InChI=1S/C19H19ClN2O2S/c20-16-5-1-4-15(10-16)11-21-19(23)14-22(12-17-6-2-8-24-17)13-18-7-3-9-25-18/h1-10H,11-14H2,(H,21,23). The number of nitrogens with zero attached hydrogens (tertiary/aromatic N) is 1. The third-order valence-electron chi connectivity index (χ3n) is 3.67. The van der Waals surface area contributed by atoms with E-state index in [1.807, 2.05) is 47.8 Å². The molecule has 0 atom stereocenters. The number of amides is 1. The lowest BCUT2D eigenvalue weighted by Crippen LogP contribution is -2.36. The second-order valence-electron chi connectivity index (χ2n) is 5.71. The maximum atomic E-state index is 12.4. The summed E-state index contributed by atoms with van der Waals surface area (Å²) in [4.78, 5) is 15.6. The van der Waals surface area contributed by atoms with Gasteiger partial charge in [-0.3, -0.25) is 9.69 Å². The normalized spacial score (nSPS) is 11.0. The van der Waals surface area contributed by atoms with Gasteiger partial charge in [0.25, 0.3) is 0 Å². The van der Waals surface area contributed by atoms with Crippen molar-refractivity contribution in [3.63, 3.8) is 0 Å². The van der Waals surface area contributed by atoms with Gasteiger partial charge in [0, 0.05) is 23.0 Å². The fourth-order valence-corrected chi connectivity index (χ4v) is 3.48. The fourth-order valence-electron chi connectivity index (χ4n) is 2.52. The Morgan fingerprint density at radius 3 is 2.80 bits per heavy atom. The molecule has 3 aromatic rings. The molecule has 1 amide bonds. The van der Waals surface area contributed by atoms with Gasteiger partial charge in [0.1, 0.15) is 5.76 Å². The Hall–Kier alpha value is -2.08. The van der Waals surface area contributed by atoms with E-state index in [1.165, 1.54) is 4.88 Å². The number of carbonyl (C=O) groups excluding carboxylic acids is 1. The van der Waals surface area contributed by atoms with Gasteiger partial charge in [-0.25, -0.2) is 0 Å². The fraction of sp³-hybridized carbons (Fsp3) is 0.211. The molecule has 4 nitrogen and oxygen atoms in total. The van der Waals surface area contributed by atoms with Crippen LogP contribution < -0.4 is 5.32 Å². The number of hydrogen-bond acceptors (Lipinski definition) is 4. The number of benzene rings is 1. The number of thiophene rings is 1. The first-order valence-corrected chi connectivity index (χ1v) is 9.23. The zero-order valence-electron chi connectivity index (χ0n) is 13.7. The third-order valence-corrected chi connectivity index (χ3v) is 4.76. The number of nitrogens with one attached hydrogen (secondary N) is 1. The van der Waals surface area contributed by atoms with E-state index >= 15 is 0 Å². The minimum absolute atomic E-state index is 0.0249. The summed E-state index contributed by atoms with van der Waals surface area (Å²) in [6.45, 7) is 2.07.